The second-order valence-corrected chi connectivity index (χ2v) is 10.1. The van der Waals surface area contributed by atoms with Gasteiger partial charge in [-0.2, -0.15) is 13.2 Å². The Labute approximate surface area is 238 Å². The predicted octanol–water partition coefficient (Wildman–Crippen LogP) is 6.29. The quantitative estimate of drug-likeness (QED) is 0.271. The lowest BCUT2D eigenvalue weighted by molar-refractivity contribution is -0.155. The number of carbonyl (C=O) groups excluding carboxylic acids is 2. The first-order chi connectivity index (χ1) is 19.1. The van der Waals surface area contributed by atoms with Gasteiger partial charge in [0.2, 0.25) is 5.91 Å². The Balaban J connectivity index is 1.51. The topological polar surface area (TPSA) is 106 Å². The van der Waals surface area contributed by atoms with Crippen LogP contribution in [0.3, 0.4) is 0 Å². The first-order valence-electron chi connectivity index (χ1n) is 11.9. The van der Waals surface area contributed by atoms with E-state index in [1.54, 1.807) is 0 Å². The van der Waals surface area contributed by atoms with Crippen molar-refractivity contribution in [3.63, 3.8) is 0 Å². The summed E-state index contributed by atoms with van der Waals surface area (Å²) < 4.78 is 89.6. The minimum Gasteiger partial charge on any atom is -0.485 e. The third-order valence-corrected chi connectivity index (χ3v) is 6.68. The van der Waals surface area contributed by atoms with E-state index in [0.29, 0.717) is 0 Å². The highest BCUT2D eigenvalue weighted by Gasteiger charge is 2.53. The molecule has 0 spiro atoms. The van der Waals surface area contributed by atoms with Gasteiger partial charge >= 0.3 is 6.18 Å². The molecule has 2 N–H and O–H groups in total. The Morgan fingerprint density at radius 3 is 2.46 bits per heavy atom. The van der Waals surface area contributed by atoms with Crippen molar-refractivity contribution in [2.24, 2.45) is 0 Å². The Bertz CT molecular complexity index is 1490. The molecule has 0 unspecified atom stereocenters. The van der Waals surface area contributed by atoms with Crippen LogP contribution in [0.5, 0.6) is 5.75 Å². The first-order valence-corrected chi connectivity index (χ1v) is 12.6. The van der Waals surface area contributed by atoms with Crippen LogP contribution >= 0.6 is 23.2 Å². The molecule has 0 bridgehead atoms. The van der Waals surface area contributed by atoms with Gasteiger partial charge in [-0.25, -0.2) is 13.2 Å². The van der Waals surface area contributed by atoms with Crippen molar-refractivity contribution >= 4 is 35.0 Å². The van der Waals surface area contributed by atoms with E-state index in [2.05, 4.69) is 25.3 Å². The number of nitrogens with one attached hydrogen (secondary N) is 2. The lowest BCUT2D eigenvalue weighted by atomic mass is 10.0. The molecule has 3 aromatic rings. The van der Waals surface area contributed by atoms with Crippen molar-refractivity contribution in [2.45, 2.75) is 50.9 Å². The number of rotatable bonds is 9. The Kier molecular flexibility index (Phi) is 8.46. The smallest absolute Gasteiger partial charge is 0.453 e. The van der Waals surface area contributed by atoms with E-state index in [0.717, 1.165) is 13.0 Å². The van der Waals surface area contributed by atoms with Crippen LogP contribution in [0.25, 0.3) is 11.1 Å². The van der Waals surface area contributed by atoms with Crippen molar-refractivity contribution in [1.29, 1.82) is 0 Å². The van der Waals surface area contributed by atoms with Crippen molar-refractivity contribution in [1.82, 2.24) is 20.8 Å². The van der Waals surface area contributed by atoms with Crippen molar-refractivity contribution in [2.75, 3.05) is 6.61 Å². The fourth-order valence-corrected chi connectivity index (χ4v) is 4.58. The van der Waals surface area contributed by atoms with Crippen LogP contribution in [0.2, 0.25) is 10.0 Å². The molecule has 0 radical (unpaired) electrons. The average Bonchev–Trinajstić information content (AvgIpc) is 3.53. The van der Waals surface area contributed by atoms with Gasteiger partial charge in [0.1, 0.15) is 29.3 Å². The molecule has 4 rings (SSSR count). The zero-order valence-corrected chi connectivity index (χ0v) is 22.6. The van der Waals surface area contributed by atoms with E-state index in [1.165, 1.54) is 25.3 Å². The number of alkyl halides is 5. The molecule has 1 fully saturated rings. The number of carbonyl (C=O) groups is 2. The summed E-state index contributed by atoms with van der Waals surface area (Å²) in [6.45, 7) is 1.58. The van der Waals surface area contributed by atoms with Gasteiger partial charge in [-0.1, -0.05) is 28.4 Å². The van der Waals surface area contributed by atoms with E-state index < -0.39 is 59.7 Å². The van der Waals surface area contributed by atoms with E-state index in [1.807, 2.05) is 0 Å². The minimum absolute atomic E-state index is 0.0844. The van der Waals surface area contributed by atoms with Crippen molar-refractivity contribution in [3.05, 3.63) is 63.0 Å². The summed E-state index contributed by atoms with van der Waals surface area (Å²) in [5.74, 6) is -4.61. The maximum atomic E-state index is 15.2. The highest BCUT2D eigenvalue weighted by molar-refractivity contribution is 6.36. The summed E-state index contributed by atoms with van der Waals surface area (Å²) in [5, 5.41) is 8.05. The van der Waals surface area contributed by atoms with Gasteiger partial charge in [0.25, 0.3) is 18.1 Å². The fourth-order valence-electron chi connectivity index (χ4n) is 4.03. The minimum atomic E-state index is -4.98. The number of hydrogen-bond donors (Lipinski definition) is 2. The summed E-state index contributed by atoms with van der Waals surface area (Å²) in [7, 11) is 0. The third kappa shape index (κ3) is 6.53. The molecule has 220 valence electrons. The maximum absolute atomic E-state index is 15.2. The number of hydrogen-bond acceptors (Lipinski definition) is 6. The summed E-state index contributed by atoms with van der Waals surface area (Å²) in [6.07, 6.45) is -6.35. The molecular weight excluding hydrogens is 605 g/mol. The number of nitrogens with zero attached hydrogens (tertiary/aromatic N) is 2. The monoisotopic (exact) mass is 624 g/mol. The van der Waals surface area contributed by atoms with Gasteiger partial charge in [0.05, 0.1) is 22.5 Å². The molecule has 41 heavy (non-hydrogen) atoms. The lowest BCUT2D eigenvalue weighted by Gasteiger charge is -2.21. The predicted molar refractivity (Wildman–Crippen MR) is 133 cm³/mol. The standard InChI is InChI=1S/C25H20Cl2F6N4O4/c1-10-18(21(41-37-10)25(31,32)33)22(38)36-24(3-4-24)23(39)35-11(2)19-16(28)5-12(8-34-19)14-6-13(26)7-15(27)20(14)40-9-17(29)30/h5-8,11,17H,3-4,9H2,1-2H3,(H,35,39)(H,36,38)/t11-/m1/s1. The van der Waals surface area contributed by atoms with E-state index >= 15 is 4.39 Å². The van der Waals surface area contributed by atoms with Crippen LogP contribution in [-0.4, -0.2) is 40.5 Å². The molecule has 1 aromatic carbocycles. The highest BCUT2D eigenvalue weighted by Crippen LogP contribution is 2.41. The van der Waals surface area contributed by atoms with Gasteiger partial charge < -0.3 is 19.9 Å². The van der Waals surface area contributed by atoms with Crippen LogP contribution in [0.4, 0.5) is 26.3 Å². The van der Waals surface area contributed by atoms with Crippen LogP contribution in [0, 0.1) is 12.7 Å². The molecule has 2 amide bonds. The third-order valence-electron chi connectivity index (χ3n) is 6.19. The Morgan fingerprint density at radius 2 is 1.88 bits per heavy atom. The molecule has 0 saturated heterocycles. The van der Waals surface area contributed by atoms with Gasteiger partial charge in [-0.3, -0.25) is 14.6 Å². The second-order valence-electron chi connectivity index (χ2n) is 9.26. The fraction of sp³-hybridized carbons (Fsp3) is 0.360. The normalized spacial score (nSPS) is 15.0. The number of pyridine rings is 1. The molecule has 8 nitrogen and oxygen atoms in total. The van der Waals surface area contributed by atoms with Crippen molar-refractivity contribution < 1.29 is 45.2 Å². The SMILES string of the molecule is Cc1noc(C(F)(F)F)c1C(=O)NC1(C(=O)N[C@H](C)c2ncc(-c3cc(Cl)cc(Cl)c3OCC(F)F)cc2F)CC1. The molecule has 1 atom stereocenters. The average molecular weight is 625 g/mol. The van der Waals surface area contributed by atoms with Crippen molar-refractivity contribution in [3.8, 4) is 16.9 Å². The number of ether oxygens (including phenoxy) is 1. The van der Waals surface area contributed by atoms with E-state index in [4.69, 9.17) is 27.9 Å². The summed E-state index contributed by atoms with van der Waals surface area (Å²) in [6, 6.07) is 2.57. The molecule has 1 saturated carbocycles. The number of benzene rings is 1. The number of aryl methyl sites for hydroxylation is 1. The van der Waals surface area contributed by atoms with Crippen LogP contribution in [0.15, 0.2) is 28.9 Å². The summed E-state index contributed by atoms with van der Waals surface area (Å²) in [4.78, 5) is 29.7. The zero-order valence-electron chi connectivity index (χ0n) is 21.1. The molecule has 1 aliphatic carbocycles. The van der Waals surface area contributed by atoms with E-state index in [-0.39, 0.29) is 51.2 Å². The van der Waals surface area contributed by atoms with E-state index in [9.17, 15) is 31.5 Å². The van der Waals surface area contributed by atoms with Crippen LogP contribution in [0.1, 0.15) is 53.3 Å². The first kappa shape index (κ1) is 30.4. The van der Waals surface area contributed by atoms with Gasteiger partial charge in [-0.15, -0.1) is 0 Å². The van der Waals surface area contributed by atoms with Gasteiger partial charge in [0, 0.05) is 22.3 Å². The van der Waals surface area contributed by atoms with Crippen LogP contribution < -0.4 is 15.4 Å². The summed E-state index contributed by atoms with van der Waals surface area (Å²) >= 11 is 12.1. The van der Waals surface area contributed by atoms with Crippen LogP contribution in [-0.2, 0) is 11.0 Å². The molecule has 2 heterocycles. The Morgan fingerprint density at radius 1 is 1.20 bits per heavy atom. The molecule has 2 aromatic heterocycles. The molecular formula is C25H20Cl2F6N4O4. The Hall–Kier alpha value is -3.52. The maximum Gasteiger partial charge on any atom is 0.453 e. The number of halogens is 8. The highest BCUT2D eigenvalue weighted by atomic mass is 35.5. The number of aromatic nitrogens is 2. The largest absolute Gasteiger partial charge is 0.485 e. The summed E-state index contributed by atoms with van der Waals surface area (Å²) in [5.41, 5.74) is -2.71. The lowest BCUT2D eigenvalue weighted by Crippen LogP contribution is -2.50. The van der Waals surface area contributed by atoms with Gasteiger partial charge in [-0.05, 0) is 44.9 Å². The molecule has 16 heteroatoms. The molecule has 1 aliphatic rings. The molecule has 0 aliphatic heterocycles. The number of amides is 2. The zero-order chi connectivity index (χ0) is 30.3. The second kappa shape index (κ2) is 11.4. The van der Waals surface area contributed by atoms with Gasteiger partial charge in [0.15, 0.2) is 0 Å².